The molecule has 0 N–H and O–H groups in total. The Kier molecular flexibility index (Phi) is 3.57. The van der Waals surface area contributed by atoms with E-state index >= 15 is 0 Å². The van der Waals surface area contributed by atoms with Crippen LogP contribution in [0.25, 0.3) is 0 Å². The lowest BCUT2D eigenvalue weighted by molar-refractivity contribution is -0.126. The molecular weight excluding hydrogens is 271 g/mol. The first-order chi connectivity index (χ1) is 10.2. The third kappa shape index (κ3) is 2.47. The van der Waals surface area contributed by atoms with Gasteiger partial charge in [0, 0.05) is 6.54 Å². The van der Waals surface area contributed by atoms with Crippen LogP contribution in [0.15, 0.2) is 29.4 Å². The largest absolute Gasteiger partial charge is 0.314 e. The lowest BCUT2D eigenvalue weighted by Crippen LogP contribution is -2.55. The van der Waals surface area contributed by atoms with E-state index in [1.165, 1.54) is 12.1 Å². The van der Waals surface area contributed by atoms with Crippen LogP contribution in [-0.2, 0) is 4.79 Å². The molecule has 3 rings (SSSR count). The lowest BCUT2D eigenvalue weighted by atomic mass is 10.1. The van der Waals surface area contributed by atoms with E-state index in [1.54, 1.807) is 22.0 Å². The van der Waals surface area contributed by atoms with E-state index in [0.717, 1.165) is 25.7 Å². The van der Waals surface area contributed by atoms with Gasteiger partial charge in [0.25, 0.3) is 5.91 Å². The van der Waals surface area contributed by atoms with Gasteiger partial charge in [0.15, 0.2) is 0 Å². The number of hydrogen-bond donors (Lipinski definition) is 0. The number of hydrazone groups is 1. The summed E-state index contributed by atoms with van der Waals surface area (Å²) in [7, 11) is 0. The van der Waals surface area contributed by atoms with Crippen molar-refractivity contribution in [2.45, 2.75) is 31.8 Å². The van der Waals surface area contributed by atoms with Gasteiger partial charge < -0.3 is 4.90 Å². The molecule has 1 fully saturated rings. The molecule has 0 bridgehead atoms. The highest BCUT2D eigenvalue weighted by atomic mass is 19.1. The molecule has 5 nitrogen and oxygen atoms in total. The van der Waals surface area contributed by atoms with Crippen LogP contribution in [0.3, 0.4) is 0 Å². The summed E-state index contributed by atoms with van der Waals surface area (Å²) >= 11 is 0. The Morgan fingerprint density at radius 2 is 2.00 bits per heavy atom. The van der Waals surface area contributed by atoms with Crippen LogP contribution < -0.4 is 5.01 Å². The van der Waals surface area contributed by atoms with E-state index in [4.69, 9.17) is 5.26 Å². The third-order valence-electron chi connectivity index (χ3n) is 3.87. The predicted molar refractivity (Wildman–Crippen MR) is 75.9 cm³/mol. The molecule has 2 heterocycles. The first-order valence-electron chi connectivity index (χ1n) is 7.05. The fourth-order valence-electron chi connectivity index (χ4n) is 2.83. The van der Waals surface area contributed by atoms with E-state index in [1.807, 2.05) is 6.07 Å². The SMILES string of the molecule is N#CC1=NN(c2ccc(F)cc2)[C@@H]2CCCCCN2C1=O. The van der Waals surface area contributed by atoms with Crippen molar-refractivity contribution in [1.29, 1.82) is 5.26 Å². The Labute approximate surface area is 122 Å². The number of rotatable bonds is 1. The molecule has 0 unspecified atom stereocenters. The maximum Gasteiger partial charge on any atom is 0.286 e. The highest BCUT2D eigenvalue weighted by Gasteiger charge is 2.37. The van der Waals surface area contributed by atoms with E-state index in [-0.39, 0.29) is 23.6 Å². The summed E-state index contributed by atoms with van der Waals surface area (Å²) in [5, 5.41) is 15.0. The van der Waals surface area contributed by atoms with Gasteiger partial charge >= 0.3 is 0 Å². The lowest BCUT2D eigenvalue weighted by Gasteiger charge is -2.40. The average Bonchev–Trinajstić information content (AvgIpc) is 2.75. The minimum Gasteiger partial charge on any atom is -0.314 e. The predicted octanol–water partition coefficient (Wildman–Crippen LogP) is 2.25. The maximum absolute atomic E-state index is 13.1. The van der Waals surface area contributed by atoms with Crippen molar-refractivity contribution in [3.05, 3.63) is 30.1 Å². The number of amides is 1. The minimum absolute atomic E-state index is 0.113. The molecule has 0 radical (unpaired) electrons. The Hall–Kier alpha value is -2.42. The minimum atomic E-state index is -0.325. The fourth-order valence-corrected chi connectivity index (χ4v) is 2.83. The number of nitrogens with zero attached hydrogens (tertiary/aromatic N) is 4. The molecule has 1 aromatic rings. The molecule has 108 valence electrons. The number of fused-ring (bicyclic) bond motifs is 1. The topological polar surface area (TPSA) is 59.7 Å². The normalized spacial score (nSPS) is 22.2. The zero-order valence-electron chi connectivity index (χ0n) is 11.5. The molecule has 1 saturated heterocycles. The van der Waals surface area contributed by atoms with Crippen molar-refractivity contribution < 1.29 is 9.18 Å². The molecule has 1 amide bonds. The van der Waals surface area contributed by atoms with Gasteiger partial charge in [0.2, 0.25) is 5.71 Å². The summed E-state index contributed by atoms with van der Waals surface area (Å²) in [6, 6.07) is 7.81. The van der Waals surface area contributed by atoms with Gasteiger partial charge in [-0.3, -0.25) is 4.79 Å². The van der Waals surface area contributed by atoms with Crippen LogP contribution in [0.2, 0.25) is 0 Å². The number of hydrogen-bond acceptors (Lipinski definition) is 4. The zero-order valence-corrected chi connectivity index (χ0v) is 11.5. The van der Waals surface area contributed by atoms with E-state index in [9.17, 15) is 9.18 Å². The van der Waals surface area contributed by atoms with Crippen LogP contribution in [0, 0.1) is 17.1 Å². The molecule has 2 aliphatic rings. The molecular formula is C15H15FN4O. The van der Waals surface area contributed by atoms with Crippen molar-refractivity contribution in [3.63, 3.8) is 0 Å². The summed E-state index contributed by atoms with van der Waals surface area (Å²) in [6.45, 7) is 0.627. The summed E-state index contributed by atoms with van der Waals surface area (Å²) in [5.74, 6) is -0.628. The Balaban J connectivity index is 2.03. The summed E-state index contributed by atoms with van der Waals surface area (Å²) in [5.41, 5.74) is 0.575. The molecule has 0 aliphatic carbocycles. The Bertz CT molecular complexity index is 620. The van der Waals surface area contributed by atoms with Crippen LogP contribution in [0.1, 0.15) is 25.7 Å². The third-order valence-corrected chi connectivity index (χ3v) is 3.87. The number of carbonyl (C=O) groups is 1. The van der Waals surface area contributed by atoms with Crippen LogP contribution in [0.4, 0.5) is 10.1 Å². The van der Waals surface area contributed by atoms with Gasteiger partial charge in [-0.15, -0.1) is 0 Å². The van der Waals surface area contributed by atoms with Gasteiger partial charge in [-0.1, -0.05) is 6.42 Å². The highest BCUT2D eigenvalue weighted by Crippen LogP contribution is 2.29. The summed E-state index contributed by atoms with van der Waals surface area (Å²) in [6.07, 6.45) is 3.59. The summed E-state index contributed by atoms with van der Waals surface area (Å²) < 4.78 is 13.1. The van der Waals surface area contributed by atoms with Crippen molar-refractivity contribution >= 4 is 17.3 Å². The number of anilines is 1. The number of halogens is 1. The van der Waals surface area contributed by atoms with Gasteiger partial charge in [-0.2, -0.15) is 10.4 Å². The fraction of sp³-hybridized carbons (Fsp3) is 0.400. The number of nitriles is 1. The van der Waals surface area contributed by atoms with Gasteiger partial charge in [0.1, 0.15) is 18.1 Å². The molecule has 1 atom stereocenters. The molecule has 1 aromatic carbocycles. The zero-order chi connectivity index (χ0) is 14.8. The first-order valence-corrected chi connectivity index (χ1v) is 7.05. The molecule has 0 spiro atoms. The molecule has 2 aliphatic heterocycles. The second-order valence-electron chi connectivity index (χ2n) is 5.21. The van der Waals surface area contributed by atoms with Crippen molar-refractivity contribution in [2.24, 2.45) is 5.10 Å². The van der Waals surface area contributed by atoms with Crippen LogP contribution in [-0.4, -0.2) is 29.2 Å². The van der Waals surface area contributed by atoms with E-state index < -0.39 is 0 Å². The second-order valence-corrected chi connectivity index (χ2v) is 5.21. The van der Waals surface area contributed by atoms with Gasteiger partial charge in [-0.05, 0) is 43.5 Å². The van der Waals surface area contributed by atoms with Crippen molar-refractivity contribution in [1.82, 2.24) is 4.90 Å². The van der Waals surface area contributed by atoms with E-state index in [0.29, 0.717) is 12.2 Å². The van der Waals surface area contributed by atoms with Gasteiger partial charge in [-0.25, -0.2) is 9.40 Å². The molecule has 21 heavy (non-hydrogen) atoms. The van der Waals surface area contributed by atoms with Crippen LogP contribution >= 0.6 is 0 Å². The van der Waals surface area contributed by atoms with Gasteiger partial charge in [0.05, 0.1) is 5.69 Å². The number of carbonyl (C=O) groups excluding carboxylic acids is 1. The second kappa shape index (κ2) is 5.52. The Morgan fingerprint density at radius 1 is 1.24 bits per heavy atom. The smallest absolute Gasteiger partial charge is 0.286 e. The molecule has 0 saturated carbocycles. The molecule has 6 heteroatoms. The summed E-state index contributed by atoms with van der Waals surface area (Å²) in [4.78, 5) is 14.0. The van der Waals surface area contributed by atoms with Crippen molar-refractivity contribution in [2.75, 3.05) is 11.6 Å². The van der Waals surface area contributed by atoms with E-state index in [2.05, 4.69) is 5.10 Å². The first kappa shape index (κ1) is 13.6. The maximum atomic E-state index is 13.1. The quantitative estimate of drug-likeness (QED) is 0.795. The Morgan fingerprint density at radius 3 is 2.71 bits per heavy atom. The standard InChI is InChI=1S/C15H15FN4O/c16-11-5-7-12(8-6-11)20-14-4-2-1-3-9-19(14)15(21)13(10-17)18-20/h5-8,14H,1-4,9H2/t14-/m1/s1. The monoisotopic (exact) mass is 286 g/mol. The molecule has 0 aromatic heterocycles. The number of benzene rings is 1. The van der Waals surface area contributed by atoms with Crippen molar-refractivity contribution in [3.8, 4) is 6.07 Å². The van der Waals surface area contributed by atoms with Crippen LogP contribution in [0.5, 0.6) is 0 Å². The highest BCUT2D eigenvalue weighted by molar-refractivity contribution is 6.45. The average molecular weight is 286 g/mol.